The van der Waals surface area contributed by atoms with Crippen LogP contribution in [0.25, 0.3) is 10.8 Å². The van der Waals surface area contributed by atoms with Gasteiger partial charge in [0.05, 0.1) is 6.10 Å². The zero-order chi connectivity index (χ0) is 17.7. The van der Waals surface area contributed by atoms with E-state index >= 15 is 0 Å². The second kappa shape index (κ2) is 7.93. The Morgan fingerprint density at radius 1 is 1.08 bits per heavy atom. The predicted molar refractivity (Wildman–Crippen MR) is 92.5 cm³/mol. The third kappa shape index (κ3) is 4.80. The van der Waals surface area contributed by atoms with Crippen molar-refractivity contribution in [3.63, 3.8) is 0 Å². The molecular weight excluding hydrogens is 306 g/mol. The largest absolute Gasteiger partial charge is 0.461 e. The Hall–Kier alpha value is -2.40. The first-order valence-corrected chi connectivity index (χ1v) is 8.03. The quantitative estimate of drug-likeness (QED) is 0.797. The molecule has 2 N–H and O–H groups in total. The molecule has 5 heteroatoms. The summed E-state index contributed by atoms with van der Waals surface area (Å²) < 4.78 is 5.22. The molecule has 0 aliphatic heterocycles. The van der Waals surface area contributed by atoms with E-state index in [9.17, 15) is 14.7 Å². The highest BCUT2D eigenvalue weighted by molar-refractivity contribution is 5.87. The molecule has 2 atom stereocenters. The lowest BCUT2D eigenvalue weighted by atomic mass is 10.0. The first-order chi connectivity index (χ1) is 11.4. The van der Waals surface area contributed by atoms with E-state index in [0.717, 1.165) is 16.3 Å². The molecule has 0 fully saturated rings. The maximum absolute atomic E-state index is 12.3. The Morgan fingerprint density at radius 3 is 2.38 bits per heavy atom. The molecule has 1 amide bonds. The van der Waals surface area contributed by atoms with Crippen LogP contribution in [0.4, 0.5) is 0 Å². The molecule has 0 saturated carbocycles. The van der Waals surface area contributed by atoms with Crippen molar-refractivity contribution in [3.05, 3.63) is 48.0 Å². The van der Waals surface area contributed by atoms with E-state index in [-0.39, 0.29) is 6.10 Å². The fraction of sp³-hybridized carbons (Fsp3) is 0.368. The number of rotatable bonds is 6. The number of carbonyl (C=O) groups is 2. The number of benzene rings is 2. The summed E-state index contributed by atoms with van der Waals surface area (Å²) >= 11 is 0. The van der Waals surface area contributed by atoms with Gasteiger partial charge in [-0.05, 0) is 37.1 Å². The van der Waals surface area contributed by atoms with Crippen molar-refractivity contribution >= 4 is 22.6 Å². The summed E-state index contributed by atoms with van der Waals surface area (Å²) in [5, 5.41) is 14.1. The average molecular weight is 329 g/mol. The van der Waals surface area contributed by atoms with Crippen LogP contribution in [-0.2, 0) is 20.7 Å². The van der Waals surface area contributed by atoms with Crippen LogP contribution in [0, 0.1) is 0 Å². The molecule has 0 aromatic heterocycles. The highest BCUT2D eigenvalue weighted by Crippen LogP contribution is 2.17. The lowest BCUT2D eigenvalue weighted by Crippen LogP contribution is -2.47. The summed E-state index contributed by atoms with van der Waals surface area (Å²) in [6.45, 7) is 4.86. The molecule has 0 spiro atoms. The minimum Gasteiger partial charge on any atom is -0.461 e. The van der Waals surface area contributed by atoms with Gasteiger partial charge in [-0.3, -0.25) is 4.79 Å². The zero-order valence-electron chi connectivity index (χ0n) is 14.2. The Balaban J connectivity index is 2.21. The number of aliphatic hydroxyl groups is 1. The Bertz CT molecular complexity index is 724. The predicted octanol–water partition coefficient (Wildman–Crippen LogP) is 2.20. The summed E-state index contributed by atoms with van der Waals surface area (Å²) in [7, 11) is 0. The van der Waals surface area contributed by atoms with Crippen LogP contribution in [0.2, 0.25) is 0 Å². The van der Waals surface area contributed by atoms with Crippen molar-refractivity contribution in [3.8, 4) is 0 Å². The van der Waals surface area contributed by atoms with Crippen LogP contribution >= 0.6 is 0 Å². The first kappa shape index (κ1) is 17.9. The van der Waals surface area contributed by atoms with Crippen LogP contribution in [0.15, 0.2) is 42.5 Å². The van der Waals surface area contributed by atoms with Crippen molar-refractivity contribution < 1.29 is 19.4 Å². The normalized spacial score (nSPS) is 13.5. The van der Waals surface area contributed by atoms with E-state index in [1.54, 1.807) is 13.8 Å². The van der Waals surface area contributed by atoms with Gasteiger partial charge in [-0.15, -0.1) is 0 Å². The molecule has 0 saturated heterocycles. The highest BCUT2D eigenvalue weighted by atomic mass is 16.5. The number of amides is 1. The highest BCUT2D eigenvalue weighted by Gasteiger charge is 2.25. The summed E-state index contributed by atoms with van der Waals surface area (Å²) in [6.07, 6.45) is -1.16. The van der Waals surface area contributed by atoms with Gasteiger partial charge in [-0.25, -0.2) is 4.79 Å². The van der Waals surface area contributed by atoms with E-state index in [0.29, 0.717) is 6.42 Å². The van der Waals surface area contributed by atoms with E-state index < -0.39 is 24.0 Å². The van der Waals surface area contributed by atoms with Gasteiger partial charge in [0.25, 0.3) is 0 Å². The second-order valence-electron chi connectivity index (χ2n) is 6.11. The van der Waals surface area contributed by atoms with Crippen LogP contribution in [-0.4, -0.2) is 35.2 Å². The van der Waals surface area contributed by atoms with Crippen LogP contribution in [0.5, 0.6) is 0 Å². The molecular formula is C19H23NO4. The third-order valence-corrected chi connectivity index (χ3v) is 3.59. The Kier molecular flexibility index (Phi) is 5.93. The fourth-order valence-electron chi connectivity index (χ4n) is 2.40. The number of nitrogens with one attached hydrogen (secondary N) is 1. The number of ether oxygens (including phenoxy) is 1. The number of hydrogen-bond acceptors (Lipinski definition) is 4. The molecule has 2 aromatic carbocycles. The first-order valence-electron chi connectivity index (χ1n) is 8.03. The molecule has 0 aliphatic rings. The maximum Gasteiger partial charge on any atom is 0.329 e. The lowest BCUT2D eigenvalue weighted by molar-refractivity contribution is -0.152. The number of fused-ring (bicyclic) bond motifs is 1. The van der Waals surface area contributed by atoms with Gasteiger partial charge in [-0.2, -0.15) is 0 Å². The molecule has 0 radical (unpaired) electrons. The Morgan fingerprint density at radius 2 is 1.75 bits per heavy atom. The van der Waals surface area contributed by atoms with E-state index in [4.69, 9.17) is 4.74 Å². The standard InChI is InChI=1S/C19H23NO4/c1-12(2)24-19(23)17(20-18(22)13(3)21)11-14-8-9-15-6-4-5-7-16(15)10-14/h4-10,12-13,17,21H,11H2,1-3H3,(H,20,22). The van der Waals surface area contributed by atoms with Gasteiger partial charge in [0.15, 0.2) is 0 Å². The molecule has 0 aliphatic carbocycles. The van der Waals surface area contributed by atoms with Crippen LogP contribution in [0.1, 0.15) is 26.3 Å². The zero-order valence-corrected chi connectivity index (χ0v) is 14.2. The molecule has 2 aromatic rings. The van der Waals surface area contributed by atoms with Gasteiger partial charge in [0, 0.05) is 6.42 Å². The Labute approximate surface area is 141 Å². The molecule has 0 heterocycles. The summed E-state index contributed by atoms with van der Waals surface area (Å²) in [5.41, 5.74) is 0.908. The van der Waals surface area contributed by atoms with Gasteiger partial charge < -0.3 is 15.2 Å². The minimum atomic E-state index is -1.18. The minimum absolute atomic E-state index is 0.278. The number of aliphatic hydroxyl groups excluding tert-OH is 1. The summed E-state index contributed by atoms with van der Waals surface area (Å²) in [4.78, 5) is 24.0. The second-order valence-corrected chi connectivity index (χ2v) is 6.11. The van der Waals surface area contributed by atoms with Crippen molar-refractivity contribution in [1.82, 2.24) is 5.32 Å². The molecule has 2 unspecified atom stereocenters. The molecule has 24 heavy (non-hydrogen) atoms. The van der Waals surface area contributed by atoms with Gasteiger partial charge in [0.2, 0.25) is 5.91 Å². The molecule has 0 bridgehead atoms. The lowest BCUT2D eigenvalue weighted by Gasteiger charge is -2.20. The van der Waals surface area contributed by atoms with Gasteiger partial charge in [-0.1, -0.05) is 42.5 Å². The monoisotopic (exact) mass is 329 g/mol. The SMILES string of the molecule is CC(C)OC(=O)C(Cc1ccc2ccccc2c1)NC(=O)C(C)O. The van der Waals surface area contributed by atoms with Crippen molar-refractivity contribution in [2.45, 2.75) is 45.4 Å². The topological polar surface area (TPSA) is 75.6 Å². The van der Waals surface area contributed by atoms with Crippen LogP contribution in [0.3, 0.4) is 0 Å². The number of esters is 1. The van der Waals surface area contributed by atoms with E-state index in [1.807, 2.05) is 42.5 Å². The molecule has 2 rings (SSSR count). The third-order valence-electron chi connectivity index (χ3n) is 3.59. The fourth-order valence-corrected chi connectivity index (χ4v) is 2.40. The van der Waals surface area contributed by atoms with E-state index in [1.165, 1.54) is 6.92 Å². The van der Waals surface area contributed by atoms with Gasteiger partial charge >= 0.3 is 5.97 Å². The summed E-state index contributed by atoms with van der Waals surface area (Å²) in [6, 6.07) is 13.0. The molecule has 5 nitrogen and oxygen atoms in total. The van der Waals surface area contributed by atoms with Crippen molar-refractivity contribution in [2.75, 3.05) is 0 Å². The summed E-state index contributed by atoms with van der Waals surface area (Å²) in [5.74, 6) is -1.10. The van der Waals surface area contributed by atoms with Crippen molar-refractivity contribution in [1.29, 1.82) is 0 Å². The average Bonchev–Trinajstić information content (AvgIpc) is 2.53. The smallest absolute Gasteiger partial charge is 0.329 e. The van der Waals surface area contributed by atoms with Gasteiger partial charge in [0.1, 0.15) is 12.1 Å². The van der Waals surface area contributed by atoms with Crippen molar-refractivity contribution in [2.24, 2.45) is 0 Å². The maximum atomic E-state index is 12.3. The number of hydrogen-bond donors (Lipinski definition) is 2. The van der Waals surface area contributed by atoms with Crippen LogP contribution < -0.4 is 5.32 Å². The molecule has 128 valence electrons. The number of carbonyl (C=O) groups excluding carboxylic acids is 2. The van der Waals surface area contributed by atoms with E-state index in [2.05, 4.69) is 5.32 Å².